The zero-order valence-electron chi connectivity index (χ0n) is 11.6. The number of rotatable bonds is 3. The predicted molar refractivity (Wildman–Crippen MR) is 73.3 cm³/mol. The van der Waals surface area contributed by atoms with Crippen molar-refractivity contribution in [2.24, 2.45) is 0 Å². The van der Waals surface area contributed by atoms with E-state index in [1.807, 2.05) is 7.05 Å². The van der Waals surface area contributed by atoms with Crippen LogP contribution < -0.4 is 4.90 Å². The smallest absolute Gasteiger partial charge is 0.358 e. The van der Waals surface area contributed by atoms with Gasteiger partial charge < -0.3 is 9.64 Å². The molecule has 1 fully saturated rings. The number of anilines is 1. The molecule has 0 unspecified atom stereocenters. The molecule has 0 spiro atoms. The highest BCUT2D eigenvalue weighted by Crippen LogP contribution is 2.24. The third-order valence-electron chi connectivity index (χ3n) is 3.75. The average molecular weight is 263 g/mol. The second-order valence-corrected chi connectivity index (χ2v) is 5.01. The van der Waals surface area contributed by atoms with E-state index < -0.39 is 5.97 Å². The molecule has 0 bridgehead atoms. The largest absolute Gasteiger partial charge is 0.464 e. The fourth-order valence-corrected chi connectivity index (χ4v) is 2.56. The Kier molecular flexibility index (Phi) is 4.71. The van der Waals surface area contributed by atoms with Crippen molar-refractivity contribution in [1.82, 2.24) is 9.97 Å². The molecule has 2 rings (SSSR count). The van der Waals surface area contributed by atoms with Gasteiger partial charge in [-0.3, -0.25) is 4.98 Å². The number of carbonyl (C=O) groups is 1. The summed E-state index contributed by atoms with van der Waals surface area (Å²) in [5, 5.41) is 0. The van der Waals surface area contributed by atoms with Crippen molar-refractivity contribution >= 4 is 11.8 Å². The minimum atomic E-state index is -0.441. The number of methoxy groups -OCH3 is 1. The summed E-state index contributed by atoms with van der Waals surface area (Å²) in [5.41, 5.74) is 0.264. The fraction of sp³-hybridized carbons (Fsp3) is 0.643. The molecule has 0 amide bonds. The number of hydrogen-bond donors (Lipinski definition) is 0. The first-order valence-corrected chi connectivity index (χ1v) is 6.85. The predicted octanol–water partition coefficient (Wildman–Crippen LogP) is 2.42. The molecule has 5 nitrogen and oxygen atoms in total. The summed E-state index contributed by atoms with van der Waals surface area (Å²) >= 11 is 0. The standard InChI is InChI=1S/C14H21N3O2/c1-17(11-7-5-3-4-6-8-11)13-10-15-9-12(16-13)14(18)19-2/h9-11H,3-8H2,1-2H3. The van der Waals surface area contributed by atoms with Crippen LogP contribution in [0, 0.1) is 0 Å². The molecule has 1 aromatic rings. The van der Waals surface area contributed by atoms with Gasteiger partial charge in [0.05, 0.1) is 19.5 Å². The van der Waals surface area contributed by atoms with Gasteiger partial charge >= 0.3 is 5.97 Å². The topological polar surface area (TPSA) is 55.3 Å². The Balaban J connectivity index is 2.13. The third-order valence-corrected chi connectivity index (χ3v) is 3.75. The lowest BCUT2D eigenvalue weighted by Crippen LogP contribution is -2.32. The van der Waals surface area contributed by atoms with Crippen LogP contribution in [0.25, 0.3) is 0 Å². The highest BCUT2D eigenvalue weighted by atomic mass is 16.5. The highest BCUT2D eigenvalue weighted by molar-refractivity contribution is 5.87. The lowest BCUT2D eigenvalue weighted by molar-refractivity contribution is 0.0593. The van der Waals surface area contributed by atoms with Gasteiger partial charge in [0, 0.05) is 13.1 Å². The monoisotopic (exact) mass is 263 g/mol. The molecule has 0 radical (unpaired) electrons. The van der Waals surface area contributed by atoms with Gasteiger partial charge in [-0.05, 0) is 12.8 Å². The second kappa shape index (κ2) is 6.50. The second-order valence-electron chi connectivity index (χ2n) is 5.01. The number of nitrogens with zero attached hydrogens (tertiary/aromatic N) is 3. The van der Waals surface area contributed by atoms with Gasteiger partial charge in [-0.25, -0.2) is 9.78 Å². The van der Waals surface area contributed by atoms with E-state index in [0.717, 1.165) is 5.82 Å². The van der Waals surface area contributed by atoms with E-state index in [1.54, 1.807) is 6.20 Å². The summed E-state index contributed by atoms with van der Waals surface area (Å²) in [6, 6.07) is 0.490. The van der Waals surface area contributed by atoms with Crippen LogP contribution in [-0.2, 0) is 4.74 Å². The van der Waals surface area contributed by atoms with Crippen LogP contribution in [0.1, 0.15) is 49.0 Å². The Morgan fingerprint density at radius 3 is 2.58 bits per heavy atom. The number of carbonyl (C=O) groups excluding carboxylic acids is 1. The lowest BCUT2D eigenvalue weighted by Gasteiger charge is -2.28. The zero-order chi connectivity index (χ0) is 13.7. The molecule has 1 heterocycles. The Morgan fingerprint density at radius 1 is 1.26 bits per heavy atom. The number of hydrogen-bond acceptors (Lipinski definition) is 5. The molecule has 104 valence electrons. The fourth-order valence-electron chi connectivity index (χ4n) is 2.56. The maximum atomic E-state index is 11.5. The first-order valence-electron chi connectivity index (χ1n) is 6.85. The van der Waals surface area contributed by atoms with Crippen LogP contribution in [0.4, 0.5) is 5.82 Å². The van der Waals surface area contributed by atoms with Gasteiger partial charge in [0.15, 0.2) is 5.69 Å². The van der Waals surface area contributed by atoms with Gasteiger partial charge in [-0.2, -0.15) is 0 Å². The molecule has 0 N–H and O–H groups in total. The molecule has 5 heteroatoms. The molecule has 1 aromatic heterocycles. The normalized spacial score (nSPS) is 16.7. The van der Waals surface area contributed by atoms with E-state index in [2.05, 4.69) is 19.6 Å². The summed E-state index contributed by atoms with van der Waals surface area (Å²) in [5.74, 6) is 0.304. The van der Waals surface area contributed by atoms with E-state index in [0.29, 0.717) is 6.04 Å². The maximum absolute atomic E-state index is 11.5. The van der Waals surface area contributed by atoms with Crippen molar-refractivity contribution in [3.63, 3.8) is 0 Å². The van der Waals surface area contributed by atoms with Crippen LogP contribution in [0.2, 0.25) is 0 Å². The Labute approximate surface area is 114 Å². The number of esters is 1. The van der Waals surface area contributed by atoms with Crippen molar-refractivity contribution in [2.45, 2.75) is 44.6 Å². The Hall–Kier alpha value is -1.65. The Morgan fingerprint density at radius 2 is 1.95 bits per heavy atom. The quantitative estimate of drug-likeness (QED) is 0.619. The lowest BCUT2D eigenvalue weighted by atomic mass is 10.1. The zero-order valence-corrected chi connectivity index (χ0v) is 11.6. The Bertz CT molecular complexity index is 428. The van der Waals surface area contributed by atoms with Crippen molar-refractivity contribution < 1.29 is 9.53 Å². The van der Waals surface area contributed by atoms with E-state index in [9.17, 15) is 4.79 Å². The summed E-state index contributed by atoms with van der Waals surface area (Å²) < 4.78 is 4.68. The van der Waals surface area contributed by atoms with Crippen LogP contribution in [-0.4, -0.2) is 36.1 Å². The molecule has 0 aliphatic heterocycles. The van der Waals surface area contributed by atoms with Crippen LogP contribution >= 0.6 is 0 Å². The molecule has 0 atom stereocenters. The molecule has 0 aromatic carbocycles. The molecular formula is C14H21N3O2. The van der Waals surface area contributed by atoms with Crippen LogP contribution in [0.15, 0.2) is 12.4 Å². The van der Waals surface area contributed by atoms with Crippen molar-refractivity contribution in [1.29, 1.82) is 0 Å². The third kappa shape index (κ3) is 3.43. The molecular weight excluding hydrogens is 242 g/mol. The van der Waals surface area contributed by atoms with Gasteiger partial charge in [-0.15, -0.1) is 0 Å². The number of aromatic nitrogens is 2. The maximum Gasteiger partial charge on any atom is 0.358 e. The average Bonchev–Trinajstić information content (AvgIpc) is 2.75. The van der Waals surface area contributed by atoms with E-state index in [-0.39, 0.29) is 5.69 Å². The summed E-state index contributed by atoms with van der Waals surface area (Å²) in [6.45, 7) is 0. The molecule has 0 saturated heterocycles. The minimum absolute atomic E-state index is 0.264. The molecule has 19 heavy (non-hydrogen) atoms. The van der Waals surface area contributed by atoms with Gasteiger partial charge in [0.1, 0.15) is 5.82 Å². The van der Waals surface area contributed by atoms with E-state index in [4.69, 9.17) is 0 Å². The summed E-state index contributed by atoms with van der Waals surface area (Å²) in [7, 11) is 3.38. The van der Waals surface area contributed by atoms with Crippen molar-refractivity contribution in [3.05, 3.63) is 18.1 Å². The van der Waals surface area contributed by atoms with Crippen molar-refractivity contribution in [3.8, 4) is 0 Å². The van der Waals surface area contributed by atoms with Gasteiger partial charge in [0.2, 0.25) is 0 Å². The summed E-state index contributed by atoms with van der Waals surface area (Å²) in [6.07, 6.45) is 10.7. The molecule has 1 aliphatic carbocycles. The first kappa shape index (κ1) is 13.8. The molecule has 1 saturated carbocycles. The van der Waals surface area contributed by atoms with Crippen LogP contribution in [0.3, 0.4) is 0 Å². The minimum Gasteiger partial charge on any atom is -0.464 e. The van der Waals surface area contributed by atoms with Crippen LogP contribution in [0.5, 0.6) is 0 Å². The van der Waals surface area contributed by atoms with Gasteiger partial charge in [-0.1, -0.05) is 25.7 Å². The SMILES string of the molecule is COC(=O)c1cncc(N(C)C2CCCCCC2)n1. The van der Waals surface area contributed by atoms with E-state index in [1.165, 1.54) is 51.8 Å². The van der Waals surface area contributed by atoms with Gasteiger partial charge in [0.25, 0.3) is 0 Å². The van der Waals surface area contributed by atoms with Crippen molar-refractivity contribution in [2.75, 3.05) is 19.1 Å². The number of ether oxygens (including phenoxy) is 1. The first-order chi connectivity index (χ1) is 9.22. The summed E-state index contributed by atoms with van der Waals surface area (Å²) in [4.78, 5) is 22.0. The molecule has 1 aliphatic rings. The highest BCUT2D eigenvalue weighted by Gasteiger charge is 2.19. The van der Waals surface area contributed by atoms with E-state index >= 15 is 0 Å².